The van der Waals surface area contributed by atoms with Gasteiger partial charge in [-0.1, -0.05) is 0 Å². The van der Waals surface area contributed by atoms with Gasteiger partial charge in [-0.05, 0) is 47.1 Å². The number of hydrogen-bond donors (Lipinski definition) is 1. The summed E-state index contributed by atoms with van der Waals surface area (Å²) in [5.74, 6) is -1.46. The maximum Gasteiger partial charge on any atom is 0.357 e. The number of carboxylic acids is 1. The second kappa shape index (κ2) is 4.29. The fourth-order valence-corrected chi connectivity index (χ4v) is 1.87. The zero-order valence-corrected chi connectivity index (χ0v) is 10.4. The minimum atomic E-state index is -1.11. The fraction of sp³-hybridized carbons (Fsp3) is 0.0909. The summed E-state index contributed by atoms with van der Waals surface area (Å²) >= 11 is 3.18. The Morgan fingerprint density at radius 3 is 2.47 bits per heavy atom. The summed E-state index contributed by atoms with van der Waals surface area (Å²) in [5.41, 5.74) is 1.19. The Kier molecular flexibility index (Phi) is 2.97. The number of halogens is 2. The molecule has 0 radical (unpaired) electrons. The van der Waals surface area contributed by atoms with E-state index in [1.807, 2.05) is 0 Å². The molecule has 6 heteroatoms. The molecule has 0 unspecified atom stereocenters. The minimum Gasteiger partial charge on any atom is -0.476 e. The van der Waals surface area contributed by atoms with Crippen LogP contribution in [0, 0.1) is 12.7 Å². The number of aromatic carboxylic acids is 1. The molecule has 4 nitrogen and oxygen atoms in total. The normalized spacial score (nSPS) is 10.5. The monoisotopic (exact) mass is 298 g/mol. The number of aromatic nitrogens is 2. The average molecular weight is 299 g/mol. The molecule has 0 atom stereocenters. The van der Waals surface area contributed by atoms with Gasteiger partial charge in [0.1, 0.15) is 5.82 Å². The Bertz CT molecular complexity index is 578. The van der Waals surface area contributed by atoms with Crippen molar-refractivity contribution in [1.29, 1.82) is 0 Å². The van der Waals surface area contributed by atoms with Gasteiger partial charge in [0, 0.05) is 0 Å². The Morgan fingerprint density at radius 1 is 1.41 bits per heavy atom. The van der Waals surface area contributed by atoms with Crippen LogP contribution in [0.4, 0.5) is 4.39 Å². The summed E-state index contributed by atoms with van der Waals surface area (Å²) in [5, 5.41) is 12.9. The topological polar surface area (TPSA) is 55.1 Å². The smallest absolute Gasteiger partial charge is 0.357 e. The van der Waals surface area contributed by atoms with Gasteiger partial charge < -0.3 is 5.11 Å². The van der Waals surface area contributed by atoms with Crippen LogP contribution in [-0.2, 0) is 0 Å². The molecule has 17 heavy (non-hydrogen) atoms. The molecule has 0 aliphatic carbocycles. The molecule has 0 saturated heterocycles. The third kappa shape index (κ3) is 2.08. The van der Waals surface area contributed by atoms with E-state index in [0.717, 1.165) is 0 Å². The van der Waals surface area contributed by atoms with Crippen LogP contribution in [0.5, 0.6) is 0 Å². The molecule has 0 aliphatic rings. The molecule has 2 aromatic rings. The van der Waals surface area contributed by atoms with E-state index in [9.17, 15) is 9.18 Å². The fourth-order valence-electron chi connectivity index (χ4n) is 1.45. The van der Waals surface area contributed by atoms with Gasteiger partial charge in [0.2, 0.25) is 0 Å². The zero-order valence-electron chi connectivity index (χ0n) is 8.82. The first kappa shape index (κ1) is 11.8. The van der Waals surface area contributed by atoms with Crippen LogP contribution in [0.1, 0.15) is 16.2 Å². The summed E-state index contributed by atoms with van der Waals surface area (Å²) in [6, 6.07) is 5.66. The van der Waals surface area contributed by atoms with Gasteiger partial charge in [0.05, 0.1) is 15.9 Å². The lowest BCUT2D eigenvalue weighted by Crippen LogP contribution is -2.02. The second-order valence-electron chi connectivity index (χ2n) is 3.44. The zero-order chi connectivity index (χ0) is 12.6. The lowest BCUT2D eigenvalue weighted by molar-refractivity contribution is 0.0689. The highest BCUT2D eigenvalue weighted by Gasteiger charge is 2.18. The van der Waals surface area contributed by atoms with E-state index in [1.54, 1.807) is 6.92 Å². The highest BCUT2D eigenvalue weighted by molar-refractivity contribution is 9.10. The van der Waals surface area contributed by atoms with Crippen molar-refractivity contribution >= 4 is 21.9 Å². The Labute approximate surface area is 105 Å². The molecule has 0 saturated carbocycles. The lowest BCUT2D eigenvalue weighted by atomic mass is 10.3. The van der Waals surface area contributed by atoms with Gasteiger partial charge >= 0.3 is 5.97 Å². The molecule has 1 aromatic carbocycles. The maximum absolute atomic E-state index is 12.8. The van der Waals surface area contributed by atoms with E-state index >= 15 is 0 Å². The molecule has 0 aliphatic heterocycles. The highest BCUT2D eigenvalue weighted by Crippen LogP contribution is 2.23. The van der Waals surface area contributed by atoms with Crippen LogP contribution in [0.25, 0.3) is 5.69 Å². The first-order valence-corrected chi connectivity index (χ1v) is 5.54. The number of rotatable bonds is 2. The first-order chi connectivity index (χ1) is 8.00. The van der Waals surface area contributed by atoms with Crippen molar-refractivity contribution < 1.29 is 14.3 Å². The van der Waals surface area contributed by atoms with Crippen molar-refractivity contribution in [3.05, 3.63) is 45.9 Å². The van der Waals surface area contributed by atoms with Crippen molar-refractivity contribution in [2.24, 2.45) is 0 Å². The largest absolute Gasteiger partial charge is 0.476 e. The molecule has 0 amide bonds. The molecule has 88 valence electrons. The number of nitrogens with zero attached hydrogens (tertiary/aromatic N) is 2. The van der Waals surface area contributed by atoms with Gasteiger partial charge in [-0.3, -0.25) is 0 Å². The van der Waals surface area contributed by atoms with Gasteiger partial charge in [0.15, 0.2) is 5.69 Å². The maximum atomic E-state index is 12.8. The van der Waals surface area contributed by atoms with Crippen LogP contribution in [0.3, 0.4) is 0 Å². The van der Waals surface area contributed by atoms with Gasteiger partial charge in [0.25, 0.3) is 0 Å². The SMILES string of the molecule is Cc1c(Br)c(C(=O)O)nn1-c1ccc(F)cc1. The van der Waals surface area contributed by atoms with Gasteiger partial charge in [-0.25, -0.2) is 13.9 Å². The van der Waals surface area contributed by atoms with E-state index in [-0.39, 0.29) is 11.5 Å². The van der Waals surface area contributed by atoms with E-state index < -0.39 is 5.97 Å². The molecular formula is C11H8BrFN2O2. The van der Waals surface area contributed by atoms with Crippen LogP contribution >= 0.6 is 15.9 Å². The van der Waals surface area contributed by atoms with Crippen molar-refractivity contribution in [3.8, 4) is 5.69 Å². The molecule has 2 rings (SSSR count). The predicted octanol–water partition coefficient (Wildman–Crippen LogP) is 2.78. The van der Waals surface area contributed by atoms with Crippen molar-refractivity contribution in [2.45, 2.75) is 6.92 Å². The predicted molar refractivity (Wildman–Crippen MR) is 62.9 cm³/mol. The van der Waals surface area contributed by atoms with Crippen LogP contribution < -0.4 is 0 Å². The van der Waals surface area contributed by atoms with E-state index in [2.05, 4.69) is 21.0 Å². The molecule has 1 N–H and O–H groups in total. The first-order valence-electron chi connectivity index (χ1n) is 4.75. The number of hydrogen-bond acceptors (Lipinski definition) is 2. The Hall–Kier alpha value is -1.69. The third-order valence-electron chi connectivity index (χ3n) is 2.32. The van der Waals surface area contributed by atoms with Crippen LogP contribution in [0.2, 0.25) is 0 Å². The van der Waals surface area contributed by atoms with Gasteiger partial charge in [-0.2, -0.15) is 5.10 Å². The minimum absolute atomic E-state index is 0.0631. The molecular weight excluding hydrogens is 291 g/mol. The van der Waals surface area contributed by atoms with Gasteiger partial charge in [-0.15, -0.1) is 0 Å². The van der Waals surface area contributed by atoms with E-state index in [4.69, 9.17) is 5.11 Å². The van der Waals surface area contributed by atoms with Crippen molar-refractivity contribution in [1.82, 2.24) is 9.78 Å². The molecule has 1 heterocycles. The summed E-state index contributed by atoms with van der Waals surface area (Å²) in [6.07, 6.45) is 0. The van der Waals surface area contributed by atoms with E-state index in [0.29, 0.717) is 15.9 Å². The van der Waals surface area contributed by atoms with Crippen molar-refractivity contribution in [2.75, 3.05) is 0 Å². The molecule has 0 fully saturated rings. The summed E-state index contributed by atoms with van der Waals surface area (Å²) in [6.45, 7) is 1.73. The number of benzene rings is 1. The lowest BCUT2D eigenvalue weighted by Gasteiger charge is -2.03. The third-order valence-corrected chi connectivity index (χ3v) is 3.27. The highest BCUT2D eigenvalue weighted by atomic mass is 79.9. The number of carboxylic acid groups (broad SMARTS) is 1. The summed E-state index contributed by atoms with van der Waals surface area (Å²) < 4.78 is 14.7. The number of carbonyl (C=O) groups is 1. The van der Waals surface area contributed by atoms with Crippen molar-refractivity contribution in [3.63, 3.8) is 0 Å². The van der Waals surface area contributed by atoms with Crippen LogP contribution in [-0.4, -0.2) is 20.9 Å². The second-order valence-corrected chi connectivity index (χ2v) is 4.23. The van der Waals surface area contributed by atoms with E-state index in [1.165, 1.54) is 28.9 Å². The quantitative estimate of drug-likeness (QED) is 0.927. The van der Waals surface area contributed by atoms with Crippen LogP contribution in [0.15, 0.2) is 28.7 Å². The molecule has 0 bridgehead atoms. The standard InChI is InChI=1S/C11H8BrFN2O2/c1-6-9(12)10(11(16)17)14-15(6)8-4-2-7(13)3-5-8/h2-5H,1H3,(H,16,17). The molecule has 0 spiro atoms. The summed E-state index contributed by atoms with van der Waals surface area (Å²) in [7, 11) is 0. The Morgan fingerprint density at radius 2 is 2.00 bits per heavy atom. The average Bonchev–Trinajstić information content (AvgIpc) is 2.58. The molecule has 1 aromatic heterocycles. The Balaban J connectivity index is 2.56. The summed E-state index contributed by atoms with van der Waals surface area (Å²) in [4.78, 5) is 10.9.